The molecule has 1 atom stereocenters. The molecule has 1 saturated heterocycles. The van der Waals surface area contributed by atoms with Gasteiger partial charge in [-0.2, -0.15) is 0 Å². The summed E-state index contributed by atoms with van der Waals surface area (Å²) in [6, 6.07) is 5.86. The van der Waals surface area contributed by atoms with E-state index in [-0.39, 0.29) is 0 Å². The van der Waals surface area contributed by atoms with Crippen LogP contribution < -0.4 is 4.74 Å². The molecule has 0 saturated carbocycles. The van der Waals surface area contributed by atoms with Crippen molar-refractivity contribution < 1.29 is 4.74 Å². The zero-order valence-electron chi connectivity index (χ0n) is 15.5. The highest BCUT2D eigenvalue weighted by atomic mass is 35.5. The normalized spacial score (nSPS) is 21.2. The minimum absolute atomic E-state index is 0.466. The van der Waals surface area contributed by atoms with Crippen molar-refractivity contribution in [3.05, 3.63) is 40.4 Å². The van der Waals surface area contributed by atoms with Gasteiger partial charge in [0.1, 0.15) is 17.4 Å². The van der Waals surface area contributed by atoms with Crippen LogP contribution in [0.2, 0.25) is 5.02 Å². The monoisotopic (exact) mass is 374 g/mol. The van der Waals surface area contributed by atoms with E-state index in [2.05, 4.69) is 19.7 Å². The Hall–Kier alpha value is -1.59. The van der Waals surface area contributed by atoms with Gasteiger partial charge in [0.15, 0.2) is 0 Å². The maximum Gasteiger partial charge on any atom is 0.137 e. The van der Waals surface area contributed by atoms with Crippen LogP contribution in [0.1, 0.15) is 55.2 Å². The molecule has 26 heavy (non-hydrogen) atoms. The fourth-order valence-corrected chi connectivity index (χ4v) is 4.53. The molecule has 2 aliphatic rings. The molecule has 0 aliphatic carbocycles. The number of halogens is 1. The first kappa shape index (κ1) is 17.8. The first-order valence-corrected chi connectivity index (χ1v) is 10.1. The van der Waals surface area contributed by atoms with Gasteiger partial charge in [-0.05, 0) is 50.4 Å². The third kappa shape index (κ3) is 3.74. The van der Waals surface area contributed by atoms with E-state index < -0.39 is 0 Å². The highest BCUT2D eigenvalue weighted by Crippen LogP contribution is 2.30. The number of rotatable bonds is 4. The summed E-state index contributed by atoms with van der Waals surface area (Å²) in [5.41, 5.74) is 1.15. The van der Waals surface area contributed by atoms with Gasteiger partial charge in [-0.15, -0.1) is 10.2 Å². The summed E-state index contributed by atoms with van der Waals surface area (Å²) >= 11 is 6.20. The molecule has 0 N–H and O–H groups in total. The molecule has 2 aliphatic heterocycles. The molecule has 0 amide bonds. The van der Waals surface area contributed by atoms with Crippen molar-refractivity contribution >= 4 is 11.6 Å². The number of hydrogen-bond acceptors (Lipinski definition) is 4. The molecule has 1 aromatic heterocycles. The number of likely N-dealkylation sites (tertiary alicyclic amines) is 1. The topological polar surface area (TPSA) is 43.2 Å². The van der Waals surface area contributed by atoms with Crippen LogP contribution in [-0.2, 0) is 19.5 Å². The summed E-state index contributed by atoms with van der Waals surface area (Å²) in [6.45, 7) is 4.07. The van der Waals surface area contributed by atoms with Crippen LogP contribution in [0.3, 0.4) is 0 Å². The number of nitrogens with zero attached hydrogens (tertiary/aromatic N) is 4. The molecule has 3 heterocycles. The molecule has 4 rings (SSSR count). The van der Waals surface area contributed by atoms with Crippen LogP contribution in [0.4, 0.5) is 0 Å². The second kappa shape index (κ2) is 7.97. The lowest BCUT2D eigenvalue weighted by molar-refractivity contribution is 0.192. The lowest BCUT2D eigenvalue weighted by Crippen LogP contribution is -2.35. The minimum Gasteiger partial charge on any atom is -0.496 e. The van der Waals surface area contributed by atoms with Crippen LogP contribution in [-0.4, -0.2) is 39.9 Å². The average molecular weight is 375 g/mol. The van der Waals surface area contributed by atoms with Gasteiger partial charge < -0.3 is 9.30 Å². The largest absolute Gasteiger partial charge is 0.496 e. The average Bonchev–Trinajstić information content (AvgIpc) is 2.91. The van der Waals surface area contributed by atoms with E-state index in [1.54, 1.807) is 7.11 Å². The zero-order valence-corrected chi connectivity index (χ0v) is 16.2. The molecule has 6 heteroatoms. The number of aromatic nitrogens is 3. The van der Waals surface area contributed by atoms with E-state index in [4.69, 9.17) is 16.3 Å². The third-order valence-corrected chi connectivity index (χ3v) is 5.88. The summed E-state index contributed by atoms with van der Waals surface area (Å²) in [4.78, 5) is 2.50. The molecular formula is C20H27ClN4O. The van der Waals surface area contributed by atoms with E-state index in [9.17, 15) is 0 Å². The summed E-state index contributed by atoms with van der Waals surface area (Å²) in [5.74, 6) is 3.76. The second-order valence-electron chi connectivity index (χ2n) is 7.47. The van der Waals surface area contributed by atoms with Crippen molar-refractivity contribution in [2.75, 3.05) is 20.2 Å². The number of piperidine rings is 1. The number of fused-ring (bicyclic) bond motifs is 1. The standard InChI is InChI=1S/C20H27ClN4O/c1-26-18-9-8-17(21)12-16(18)14-24-10-5-6-15(13-24)20-23-22-19-7-3-2-4-11-25(19)20/h8-9,12,15H,2-7,10-11,13-14H2,1H3. The van der Waals surface area contributed by atoms with Crippen LogP contribution >= 0.6 is 11.6 Å². The third-order valence-electron chi connectivity index (χ3n) is 5.65. The molecule has 1 unspecified atom stereocenters. The first-order chi connectivity index (χ1) is 12.7. The number of aryl methyl sites for hydroxylation is 1. The Labute approximate surface area is 160 Å². The Morgan fingerprint density at radius 1 is 1.15 bits per heavy atom. The molecule has 2 aromatic rings. The zero-order chi connectivity index (χ0) is 17.9. The Morgan fingerprint density at radius 2 is 2.08 bits per heavy atom. The van der Waals surface area contributed by atoms with Gasteiger partial charge in [0.05, 0.1) is 7.11 Å². The molecule has 1 aromatic carbocycles. The molecule has 140 valence electrons. The number of hydrogen-bond donors (Lipinski definition) is 0. The maximum absolute atomic E-state index is 6.20. The van der Waals surface area contributed by atoms with Crippen molar-refractivity contribution in [1.29, 1.82) is 0 Å². The fourth-order valence-electron chi connectivity index (χ4n) is 4.33. The number of methoxy groups -OCH3 is 1. The summed E-state index contributed by atoms with van der Waals surface area (Å²) in [5, 5.41) is 9.85. The molecule has 0 radical (unpaired) electrons. The molecule has 1 fully saturated rings. The Balaban J connectivity index is 1.50. The van der Waals surface area contributed by atoms with Crippen molar-refractivity contribution in [1.82, 2.24) is 19.7 Å². The summed E-state index contributed by atoms with van der Waals surface area (Å²) < 4.78 is 7.92. The highest BCUT2D eigenvalue weighted by Gasteiger charge is 2.27. The minimum atomic E-state index is 0.466. The van der Waals surface area contributed by atoms with E-state index in [0.29, 0.717) is 5.92 Å². The Kier molecular flexibility index (Phi) is 5.46. The molecule has 5 nitrogen and oxygen atoms in total. The second-order valence-corrected chi connectivity index (χ2v) is 7.90. The first-order valence-electron chi connectivity index (χ1n) is 9.71. The van der Waals surface area contributed by atoms with Crippen molar-refractivity contribution in [2.24, 2.45) is 0 Å². The van der Waals surface area contributed by atoms with Gasteiger partial charge >= 0.3 is 0 Å². The van der Waals surface area contributed by atoms with Crippen molar-refractivity contribution in [3.8, 4) is 5.75 Å². The van der Waals surface area contributed by atoms with E-state index in [0.717, 1.165) is 48.9 Å². The molecule has 0 bridgehead atoms. The predicted molar refractivity (Wildman–Crippen MR) is 103 cm³/mol. The lowest BCUT2D eigenvalue weighted by Gasteiger charge is -2.32. The van der Waals surface area contributed by atoms with Crippen molar-refractivity contribution in [2.45, 2.75) is 57.5 Å². The van der Waals surface area contributed by atoms with Crippen LogP contribution in [0.15, 0.2) is 18.2 Å². The smallest absolute Gasteiger partial charge is 0.137 e. The van der Waals surface area contributed by atoms with Gasteiger partial charge in [0, 0.05) is 42.6 Å². The van der Waals surface area contributed by atoms with E-state index >= 15 is 0 Å². The quantitative estimate of drug-likeness (QED) is 0.809. The van der Waals surface area contributed by atoms with Gasteiger partial charge in [0.25, 0.3) is 0 Å². The van der Waals surface area contributed by atoms with Gasteiger partial charge in [0.2, 0.25) is 0 Å². The van der Waals surface area contributed by atoms with E-state index in [1.807, 2.05) is 18.2 Å². The Morgan fingerprint density at radius 3 is 2.96 bits per heavy atom. The fraction of sp³-hybridized carbons (Fsp3) is 0.600. The summed E-state index contributed by atoms with van der Waals surface area (Å²) in [6.07, 6.45) is 7.24. The predicted octanol–water partition coefficient (Wildman–Crippen LogP) is 4.05. The molecular weight excluding hydrogens is 348 g/mol. The molecule has 0 spiro atoms. The Bertz CT molecular complexity index is 760. The number of benzene rings is 1. The SMILES string of the molecule is COc1ccc(Cl)cc1CN1CCCC(c2nnc3n2CCCCC3)C1. The van der Waals surface area contributed by atoms with Gasteiger partial charge in [-0.3, -0.25) is 4.90 Å². The van der Waals surface area contributed by atoms with Crippen LogP contribution in [0.25, 0.3) is 0 Å². The van der Waals surface area contributed by atoms with Gasteiger partial charge in [-0.1, -0.05) is 18.0 Å². The number of ether oxygens (including phenoxy) is 1. The van der Waals surface area contributed by atoms with Gasteiger partial charge in [-0.25, -0.2) is 0 Å². The van der Waals surface area contributed by atoms with E-state index in [1.165, 1.54) is 43.8 Å². The van der Waals surface area contributed by atoms with Crippen molar-refractivity contribution in [3.63, 3.8) is 0 Å². The lowest BCUT2D eigenvalue weighted by atomic mass is 9.96. The maximum atomic E-state index is 6.20. The van der Waals surface area contributed by atoms with Crippen LogP contribution in [0, 0.1) is 0 Å². The van der Waals surface area contributed by atoms with Crippen LogP contribution in [0.5, 0.6) is 5.75 Å². The summed E-state index contributed by atoms with van der Waals surface area (Å²) in [7, 11) is 1.72. The highest BCUT2D eigenvalue weighted by molar-refractivity contribution is 6.30.